The van der Waals surface area contributed by atoms with Crippen molar-refractivity contribution in [1.29, 1.82) is 0 Å². The van der Waals surface area contributed by atoms with Gasteiger partial charge in [-0.1, -0.05) is 0 Å². The Kier molecular flexibility index (Phi) is 3.53. The highest BCUT2D eigenvalue weighted by molar-refractivity contribution is 5.88. The van der Waals surface area contributed by atoms with Crippen molar-refractivity contribution in [3.8, 4) is 0 Å². The van der Waals surface area contributed by atoms with Gasteiger partial charge < -0.3 is 29.9 Å². The van der Waals surface area contributed by atoms with Gasteiger partial charge in [0.15, 0.2) is 12.2 Å². The van der Waals surface area contributed by atoms with Crippen LogP contribution in [-0.4, -0.2) is 62.3 Å². The van der Waals surface area contributed by atoms with E-state index in [1.807, 2.05) is 0 Å². The lowest BCUT2D eigenvalue weighted by Gasteiger charge is -2.20. The minimum Gasteiger partial charge on any atom is -0.481 e. The van der Waals surface area contributed by atoms with Crippen molar-refractivity contribution in [2.45, 2.75) is 24.4 Å². The van der Waals surface area contributed by atoms with Crippen molar-refractivity contribution >= 4 is 23.9 Å². The number of hydrogen-bond donors (Lipinski definition) is 4. The van der Waals surface area contributed by atoms with E-state index >= 15 is 0 Å². The number of rotatable bonds is 5. The van der Waals surface area contributed by atoms with Gasteiger partial charge in [-0.05, 0) is 0 Å². The van der Waals surface area contributed by atoms with Crippen LogP contribution in [0.5, 0.6) is 0 Å². The van der Waals surface area contributed by atoms with Crippen molar-refractivity contribution in [2.24, 2.45) is 0 Å². The van der Waals surface area contributed by atoms with E-state index < -0.39 is 48.3 Å². The molecule has 1 fully saturated rings. The van der Waals surface area contributed by atoms with E-state index in [0.717, 1.165) is 0 Å². The summed E-state index contributed by atoms with van der Waals surface area (Å²) >= 11 is 0. The van der Waals surface area contributed by atoms with Crippen LogP contribution in [0.4, 0.5) is 0 Å². The summed E-state index contributed by atoms with van der Waals surface area (Å²) in [5.41, 5.74) is 0. The Labute approximate surface area is 98.3 Å². The average molecular weight is 264 g/mol. The molecule has 0 saturated carbocycles. The second kappa shape index (κ2) is 4.58. The van der Waals surface area contributed by atoms with Crippen molar-refractivity contribution in [2.75, 3.05) is 0 Å². The molecule has 10 nitrogen and oxygen atoms in total. The minimum atomic E-state index is -2.82. The molecule has 0 radical (unpaired) electrons. The summed E-state index contributed by atoms with van der Waals surface area (Å²) in [5.74, 6) is -9.92. The first kappa shape index (κ1) is 13.9. The van der Waals surface area contributed by atoms with Gasteiger partial charge in [0.2, 0.25) is 0 Å². The van der Waals surface area contributed by atoms with Crippen LogP contribution < -0.4 is 0 Å². The van der Waals surface area contributed by atoms with Crippen molar-refractivity contribution in [3.63, 3.8) is 0 Å². The molecule has 1 aliphatic heterocycles. The minimum absolute atomic E-state index is 1.23. The van der Waals surface area contributed by atoms with Crippen LogP contribution in [-0.2, 0) is 28.7 Å². The quantitative estimate of drug-likeness (QED) is 0.444. The van der Waals surface area contributed by atoms with Gasteiger partial charge >= 0.3 is 23.9 Å². The molecule has 4 N–H and O–H groups in total. The van der Waals surface area contributed by atoms with E-state index in [9.17, 15) is 19.2 Å². The lowest BCUT2D eigenvalue weighted by molar-refractivity contribution is -0.216. The molecule has 0 amide bonds. The standard InChI is InChI=1S/C8H8O10/c9-2(10)1-8(7(15)16)17-3(5(11)12)4(18-8)6(13)14/h3-4H,1H2,(H,9,10)(H,11,12)(H,13,14)(H,15,16)/t3-,4-/m1/s1. The number of aliphatic carboxylic acids is 4. The van der Waals surface area contributed by atoms with Crippen LogP contribution >= 0.6 is 0 Å². The molecule has 10 heteroatoms. The van der Waals surface area contributed by atoms with E-state index in [-0.39, 0.29) is 0 Å². The van der Waals surface area contributed by atoms with E-state index in [0.29, 0.717) is 0 Å². The average Bonchev–Trinajstić information content (AvgIpc) is 2.58. The van der Waals surface area contributed by atoms with E-state index in [1.165, 1.54) is 0 Å². The fraction of sp³-hybridized carbons (Fsp3) is 0.500. The highest BCUT2D eigenvalue weighted by Gasteiger charge is 2.59. The monoisotopic (exact) mass is 264 g/mol. The fourth-order valence-electron chi connectivity index (χ4n) is 1.38. The number of hydrogen-bond acceptors (Lipinski definition) is 6. The zero-order valence-corrected chi connectivity index (χ0v) is 8.60. The molecule has 0 aromatic rings. The SMILES string of the molecule is O=C(O)CC1(C(=O)O)O[C@@H](C(=O)O)[C@H](C(=O)O)O1. The molecule has 18 heavy (non-hydrogen) atoms. The predicted octanol–water partition coefficient (Wildman–Crippen LogP) is -1.80. The maximum absolute atomic E-state index is 10.9. The molecule has 1 rings (SSSR count). The predicted molar refractivity (Wildman–Crippen MR) is 47.6 cm³/mol. The van der Waals surface area contributed by atoms with Gasteiger partial charge in [-0.25, -0.2) is 14.4 Å². The summed E-state index contributed by atoms with van der Waals surface area (Å²) in [7, 11) is 0. The summed E-state index contributed by atoms with van der Waals surface area (Å²) in [4.78, 5) is 42.8. The number of carboxylic acid groups (broad SMARTS) is 4. The Hall–Kier alpha value is -2.20. The molecule has 0 aromatic carbocycles. The maximum atomic E-state index is 10.9. The van der Waals surface area contributed by atoms with Crippen LogP contribution in [0.2, 0.25) is 0 Å². The van der Waals surface area contributed by atoms with Crippen LogP contribution in [0.1, 0.15) is 6.42 Å². The number of ether oxygens (including phenoxy) is 2. The van der Waals surface area contributed by atoms with E-state index in [2.05, 4.69) is 9.47 Å². The van der Waals surface area contributed by atoms with Gasteiger partial charge in [-0.15, -0.1) is 0 Å². The molecule has 0 spiro atoms. The lowest BCUT2D eigenvalue weighted by atomic mass is 10.2. The van der Waals surface area contributed by atoms with Crippen molar-refractivity contribution in [3.05, 3.63) is 0 Å². The van der Waals surface area contributed by atoms with Gasteiger partial charge in [0.1, 0.15) is 6.42 Å². The molecular weight excluding hydrogens is 256 g/mol. The molecule has 0 aromatic heterocycles. The van der Waals surface area contributed by atoms with Gasteiger partial charge in [-0.2, -0.15) is 0 Å². The van der Waals surface area contributed by atoms with E-state index in [4.69, 9.17) is 20.4 Å². The molecule has 0 bridgehead atoms. The lowest BCUT2D eigenvalue weighted by Crippen LogP contribution is -2.43. The van der Waals surface area contributed by atoms with Crippen LogP contribution in [0.25, 0.3) is 0 Å². The molecule has 100 valence electrons. The Balaban J connectivity index is 3.10. The van der Waals surface area contributed by atoms with Gasteiger partial charge in [-0.3, -0.25) is 4.79 Å². The summed E-state index contributed by atoms with van der Waals surface area (Å²) < 4.78 is 8.95. The number of carbonyl (C=O) groups is 4. The summed E-state index contributed by atoms with van der Waals surface area (Å²) in [6.07, 6.45) is -5.42. The normalized spacial score (nSPS) is 25.6. The smallest absolute Gasteiger partial charge is 0.365 e. The van der Waals surface area contributed by atoms with Crippen LogP contribution in [0, 0.1) is 0 Å². The molecule has 1 heterocycles. The third-order valence-electron chi connectivity index (χ3n) is 2.11. The van der Waals surface area contributed by atoms with Crippen molar-refractivity contribution < 1.29 is 49.1 Å². The largest absolute Gasteiger partial charge is 0.481 e. The summed E-state index contributed by atoms with van der Waals surface area (Å²) in [5, 5.41) is 34.7. The third kappa shape index (κ3) is 2.38. The van der Waals surface area contributed by atoms with E-state index in [1.54, 1.807) is 0 Å². The number of carboxylic acids is 4. The zero-order valence-electron chi connectivity index (χ0n) is 8.60. The van der Waals surface area contributed by atoms with Crippen molar-refractivity contribution in [1.82, 2.24) is 0 Å². The highest BCUT2D eigenvalue weighted by Crippen LogP contribution is 2.32. The molecule has 0 aliphatic carbocycles. The molecule has 1 aliphatic rings. The van der Waals surface area contributed by atoms with Crippen LogP contribution in [0.15, 0.2) is 0 Å². The van der Waals surface area contributed by atoms with Gasteiger partial charge in [0.05, 0.1) is 0 Å². The zero-order chi connectivity index (χ0) is 14.1. The first-order valence-corrected chi connectivity index (χ1v) is 4.46. The topological polar surface area (TPSA) is 168 Å². The second-order valence-electron chi connectivity index (χ2n) is 3.38. The maximum Gasteiger partial charge on any atom is 0.365 e. The first-order chi connectivity index (χ1) is 8.19. The molecular formula is C8H8O10. The summed E-state index contributed by atoms with van der Waals surface area (Å²) in [6.45, 7) is 0. The Morgan fingerprint density at radius 3 is 1.50 bits per heavy atom. The van der Waals surface area contributed by atoms with Gasteiger partial charge in [0.25, 0.3) is 5.79 Å². The summed E-state index contributed by atoms with van der Waals surface area (Å²) in [6, 6.07) is 0. The Morgan fingerprint density at radius 2 is 1.28 bits per heavy atom. The fourth-order valence-corrected chi connectivity index (χ4v) is 1.38. The highest BCUT2D eigenvalue weighted by atomic mass is 16.8. The molecule has 1 saturated heterocycles. The molecule has 0 unspecified atom stereocenters. The Morgan fingerprint density at radius 1 is 0.889 bits per heavy atom. The first-order valence-electron chi connectivity index (χ1n) is 4.46. The van der Waals surface area contributed by atoms with Crippen LogP contribution in [0.3, 0.4) is 0 Å². The second-order valence-corrected chi connectivity index (χ2v) is 3.38. The van der Waals surface area contributed by atoms with Gasteiger partial charge in [0, 0.05) is 0 Å². The Bertz CT molecular complexity index is 390. The third-order valence-corrected chi connectivity index (χ3v) is 2.11. The molecule has 2 atom stereocenters.